The van der Waals surface area contributed by atoms with Crippen molar-refractivity contribution in [1.82, 2.24) is 15.5 Å². The van der Waals surface area contributed by atoms with E-state index in [0.717, 1.165) is 25.5 Å². The van der Waals surface area contributed by atoms with Gasteiger partial charge in [0.2, 0.25) is 0 Å². The van der Waals surface area contributed by atoms with Crippen molar-refractivity contribution in [3.8, 4) is 0 Å². The Balaban J connectivity index is 2.48. The van der Waals surface area contributed by atoms with Gasteiger partial charge in [0.1, 0.15) is 0 Å². The molecule has 0 heterocycles. The number of benzene rings is 1. The van der Waals surface area contributed by atoms with Crippen molar-refractivity contribution in [2.45, 2.75) is 39.4 Å². The monoisotopic (exact) mass is 276 g/mol. The molecule has 0 aliphatic heterocycles. The lowest BCUT2D eigenvalue weighted by Gasteiger charge is -2.16. The number of hydrogen-bond donors (Lipinski definition) is 2. The predicted molar refractivity (Wildman–Crippen MR) is 86.9 cm³/mol. The normalized spacial score (nSPS) is 13.4. The van der Waals surface area contributed by atoms with Gasteiger partial charge in [-0.25, -0.2) is 0 Å². The van der Waals surface area contributed by atoms with E-state index in [-0.39, 0.29) is 0 Å². The lowest BCUT2D eigenvalue weighted by molar-refractivity contribution is 0.402. The smallest absolute Gasteiger partial charge is 0.191 e. The maximum absolute atomic E-state index is 4.24. The summed E-state index contributed by atoms with van der Waals surface area (Å²) in [6.45, 7) is 6.08. The van der Waals surface area contributed by atoms with Crippen LogP contribution in [0, 0.1) is 0 Å². The van der Waals surface area contributed by atoms with E-state index in [1.165, 1.54) is 11.1 Å². The van der Waals surface area contributed by atoms with Gasteiger partial charge in [-0.15, -0.1) is 0 Å². The molecule has 112 valence electrons. The van der Waals surface area contributed by atoms with Crippen LogP contribution in [0.1, 0.15) is 31.4 Å². The number of nitrogens with one attached hydrogen (secondary N) is 2. The van der Waals surface area contributed by atoms with Gasteiger partial charge in [-0.1, -0.05) is 31.2 Å². The van der Waals surface area contributed by atoms with E-state index >= 15 is 0 Å². The van der Waals surface area contributed by atoms with Crippen molar-refractivity contribution >= 4 is 5.96 Å². The fourth-order valence-corrected chi connectivity index (χ4v) is 1.84. The summed E-state index contributed by atoms with van der Waals surface area (Å²) < 4.78 is 0. The summed E-state index contributed by atoms with van der Waals surface area (Å²) in [5.41, 5.74) is 2.60. The largest absolute Gasteiger partial charge is 0.354 e. The second-order valence-corrected chi connectivity index (χ2v) is 5.43. The van der Waals surface area contributed by atoms with Crippen LogP contribution in [0.15, 0.2) is 29.3 Å². The van der Waals surface area contributed by atoms with Crippen LogP contribution in [0.5, 0.6) is 0 Å². The molecule has 0 saturated heterocycles. The highest BCUT2D eigenvalue weighted by Gasteiger charge is 2.02. The Kier molecular flexibility index (Phi) is 7.09. The van der Waals surface area contributed by atoms with Crippen LogP contribution < -0.4 is 10.6 Å². The van der Waals surface area contributed by atoms with Gasteiger partial charge >= 0.3 is 0 Å². The third-order valence-corrected chi connectivity index (χ3v) is 3.20. The molecule has 1 atom stereocenters. The minimum absolute atomic E-state index is 0.434. The van der Waals surface area contributed by atoms with Gasteiger partial charge in [-0.3, -0.25) is 4.99 Å². The second-order valence-electron chi connectivity index (χ2n) is 5.43. The summed E-state index contributed by atoms with van der Waals surface area (Å²) >= 11 is 0. The molecule has 0 amide bonds. The maximum atomic E-state index is 4.24. The van der Waals surface area contributed by atoms with E-state index in [9.17, 15) is 0 Å². The standard InChI is InChI=1S/C16H28N4/c1-6-13(2)19-16(17-3)18-11-14-7-9-15(10-8-14)12-20(4)5/h7-10,13H,6,11-12H2,1-5H3,(H2,17,18,19). The molecule has 0 aliphatic carbocycles. The minimum atomic E-state index is 0.434. The molecular formula is C16H28N4. The molecule has 1 aromatic carbocycles. The first-order valence-electron chi connectivity index (χ1n) is 7.24. The minimum Gasteiger partial charge on any atom is -0.354 e. The van der Waals surface area contributed by atoms with Gasteiger partial charge in [0.25, 0.3) is 0 Å². The molecule has 0 radical (unpaired) electrons. The van der Waals surface area contributed by atoms with Crippen LogP contribution in [0.3, 0.4) is 0 Å². The molecule has 20 heavy (non-hydrogen) atoms. The zero-order valence-corrected chi connectivity index (χ0v) is 13.4. The molecule has 1 rings (SSSR count). The Hall–Kier alpha value is -1.55. The fraction of sp³-hybridized carbons (Fsp3) is 0.562. The second kappa shape index (κ2) is 8.59. The highest BCUT2D eigenvalue weighted by Crippen LogP contribution is 2.06. The highest BCUT2D eigenvalue weighted by molar-refractivity contribution is 5.79. The van der Waals surface area contributed by atoms with Gasteiger partial charge in [0.15, 0.2) is 5.96 Å². The molecule has 0 spiro atoms. The molecule has 0 bridgehead atoms. The average molecular weight is 276 g/mol. The van der Waals surface area contributed by atoms with Crippen molar-refractivity contribution in [3.05, 3.63) is 35.4 Å². The number of aliphatic imine (C=N–C) groups is 1. The van der Waals surface area contributed by atoms with Crippen LogP contribution in [-0.4, -0.2) is 38.0 Å². The SMILES string of the molecule is CCC(C)NC(=NC)NCc1ccc(CN(C)C)cc1. The third-order valence-electron chi connectivity index (χ3n) is 3.20. The average Bonchev–Trinajstić information content (AvgIpc) is 2.44. The third kappa shape index (κ3) is 6.06. The topological polar surface area (TPSA) is 39.7 Å². The van der Waals surface area contributed by atoms with Crippen LogP contribution in [0.4, 0.5) is 0 Å². The fourth-order valence-electron chi connectivity index (χ4n) is 1.84. The van der Waals surface area contributed by atoms with Gasteiger partial charge in [0, 0.05) is 26.2 Å². The Morgan fingerprint density at radius 1 is 1.20 bits per heavy atom. The van der Waals surface area contributed by atoms with Crippen molar-refractivity contribution < 1.29 is 0 Å². The predicted octanol–water partition coefficient (Wildman–Crippen LogP) is 2.21. The van der Waals surface area contributed by atoms with E-state index in [4.69, 9.17) is 0 Å². The van der Waals surface area contributed by atoms with Crippen LogP contribution in [-0.2, 0) is 13.1 Å². The molecule has 0 fully saturated rings. The number of nitrogens with zero attached hydrogens (tertiary/aromatic N) is 2. The summed E-state index contributed by atoms with van der Waals surface area (Å²) in [5.74, 6) is 0.858. The van der Waals surface area contributed by atoms with Gasteiger partial charge in [-0.2, -0.15) is 0 Å². The Labute approximate surface area is 123 Å². The molecule has 0 saturated carbocycles. The Morgan fingerprint density at radius 2 is 1.80 bits per heavy atom. The first-order valence-corrected chi connectivity index (χ1v) is 7.24. The van der Waals surface area contributed by atoms with Gasteiger partial charge in [-0.05, 0) is 38.6 Å². The number of guanidine groups is 1. The molecule has 1 unspecified atom stereocenters. The first-order chi connectivity index (χ1) is 9.55. The van der Waals surface area contributed by atoms with E-state index in [2.05, 4.69) is 72.7 Å². The zero-order chi connectivity index (χ0) is 15.0. The van der Waals surface area contributed by atoms with E-state index in [1.807, 2.05) is 0 Å². The zero-order valence-electron chi connectivity index (χ0n) is 13.4. The molecule has 0 aliphatic rings. The van der Waals surface area contributed by atoms with Crippen molar-refractivity contribution in [2.75, 3.05) is 21.1 Å². The molecule has 4 heteroatoms. The first kappa shape index (κ1) is 16.5. The lowest BCUT2D eigenvalue weighted by atomic mass is 10.1. The van der Waals surface area contributed by atoms with Crippen LogP contribution in [0.25, 0.3) is 0 Å². The number of rotatable bonds is 6. The quantitative estimate of drug-likeness (QED) is 0.618. The molecule has 0 aromatic heterocycles. The number of hydrogen-bond acceptors (Lipinski definition) is 2. The summed E-state index contributed by atoms with van der Waals surface area (Å²) in [5, 5.41) is 6.70. The lowest BCUT2D eigenvalue weighted by Crippen LogP contribution is -2.41. The van der Waals surface area contributed by atoms with Crippen molar-refractivity contribution in [1.29, 1.82) is 0 Å². The molecular weight excluding hydrogens is 248 g/mol. The van der Waals surface area contributed by atoms with E-state index in [1.54, 1.807) is 7.05 Å². The van der Waals surface area contributed by atoms with Crippen LogP contribution >= 0.6 is 0 Å². The summed E-state index contributed by atoms with van der Waals surface area (Å²) in [6.07, 6.45) is 1.08. The van der Waals surface area contributed by atoms with Gasteiger partial charge in [0.05, 0.1) is 0 Å². The molecule has 1 aromatic rings. The summed E-state index contributed by atoms with van der Waals surface area (Å²) in [4.78, 5) is 6.41. The van der Waals surface area contributed by atoms with E-state index < -0.39 is 0 Å². The van der Waals surface area contributed by atoms with Crippen molar-refractivity contribution in [2.24, 2.45) is 4.99 Å². The Bertz CT molecular complexity index is 409. The van der Waals surface area contributed by atoms with Gasteiger partial charge < -0.3 is 15.5 Å². The Morgan fingerprint density at radius 3 is 2.30 bits per heavy atom. The highest BCUT2D eigenvalue weighted by atomic mass is 15.2. The van der Waals surface area contributed by atoms with E-state index in [0.29, 0.717) is 6.04 Å². The van der Waals surface area contributed by atoms with Crippen LogP contribution in [0.2, 0.25) is 0 Å². The molecule has 2 N–H and O–H groups in total. The molecule has 4 nitrogen and oxygen atoms in total. The summed E-state index contributed by atoms with van der Waals surface area (Å²) in [7, 11) is 5.97. The summed E-state index contributed by atoms with van der Waals surface area (Å²) in [6, 6.07) is 9.14. The van der Waals surface area contributed by atoms with Crippen molar-refractivity contribution in [3.63, 3.8) is 0 Å². The maximum Gasteiger partial charge on any atom is 0.191 e.